The molecule has 0 atom stereocenters. The summed E-state index contributed by atoms with van der Waals surface area (Å²) in [6.45, 7) is 3.42. The largest absolute Gasteiger partial charge is 0.443 e. The molecule has 0 N–H and O–H groups in total. The molecule has 0 bridgehead atoms. The van der Waals surface area contributed by atoms with E-state index < -0.39 is 43.4 Å². The molecule has 1 aromatic rings. The summed E-state index contributed by atoms with van der Waals surface area (Å²) in [6, 6.07) is 0.672. The van der Waals surface area contributed by atoms with Gasteiger partial charge in [-0.15, -0.1) is 5.12 Å². The summed E-state index contributed by atoms with van der Waals surface area (Å²) in [5, 5.41) is -0.362. The smallest absolute Gasteiger partial charge is 0.420 e. The molecule has 1 rings (SSSR count). The van der Waals surface area contributed by atoms with E-state index in [0.717, 1.165) is 0 Å². The zero-order chi connectivity index (χ0) is 17.8. The zero-order valence-electron chi connectivity index (χ0n) is 12.8. The maximum absolute atomic E-state index is 13.5. The van der Waals surface area contributed by atoms with Crippen LogP contribution in [0.15, 0.2) is 6.07 Å². The Kier molecular flexibility index (Phi) is 6.51. The van der Waals surface area contributed by atoms with Crippen LogP contribution in [0, 0.1) is 23.3 Å². The minimum atomic E-state index is -2.15. The molecule has 0 aromatic heterocycles. The van der Waals surface area contributed by atoms with E-state index in [2.05, 4.69) is 4.74 Å². The van der Waals surface area contributed by atoms with Crippen LogP contribution in [-0.4, -0.2) is 33.2 Å². The number of amides is 1. The zero-order valence-corrected chi connectivity index (χ0v) is 13.8. The molecule has 1 amide bonds. The van der Waals surface area contributed by atoms with E-state index >= 15 is 0 Å². The highest BCUT2D eigenvalue weighted by Gasteiger charge is 2.25. The molecule has 23 heavy (non-hydrogen) atoms. The summed E-state index contributed by atoms with van der Waals surface area (Å²) in [4.78, 5) is 11.4. The van der Waals surface area contributed by atoms with Gasteiger partial charge in [0.1, 0.15) is 0 Å². The van der Waals surface area contributed by atoms with Crippen LogP contribution in [0.25, 0.3) is 0 Å². The average molecular weight is 357 g/mol. The monoisotopic (exact) mass is 357 g/mol. The van der Waals surface area contributed by atoms with Crippen molar-refractivity contribution >= 4 is 14.4 Å². The van der Waals surface area contributed by atoms with Gasteiger partial charge >= 0.3 is 6.09 Å². The van der Waals surface area contributed by atoms with Crippen LogP contribution in [0.5, 0.6) is 5.75 Å². The molecule has 0 aliphatic heterocycles. The number of rotatable bonds is 6. The lowest BCUT2D eigenvalue weighted by molar-refractivity contribution is 0.0359. The maximum Gasteiger partial charge on any atom is 0.443 e. The number of halogens is 5. The van der Waals surface area contributed by atoms with Crippen molar-refractivity contribution in [2.45, 2.75) is 25.6 Å². The van der Waals surface area contributed by atoms with Crippen molar-refractivity contribution < 1.29 is 36.0 Å². The SMILES string of the molecule is CO[Si](C)(C)CCCN(F)C(=O)Oc1cc(F)c(F)c(F)c1F. The predicted octanol–water partition coefficient (Wildman–Crippen LogP) is 4.17. The van der Waals surface area contributed by atoms with Crippen LogP contribution in [0.4, 0.5) is 26.8 Å². The highest BCUT2D eigenvalue weighted by Crippen LogP contribution is 2.25. The minimum absolute atomic E-state index is 0.125. The fourth-order valence-corrected chi connectivity index (χ4v) is 2.82. The highest BCUT2D eigenvalue weighted by molar-refractivity contribution is 6.71. The summed E-state index contributed by atoms with van der Waals surface area (Å²) >= 11 is 0. The van der Waals surface area contributed by atoms with E-state index in [0.29, 0.717) is 6.04 Å². The van der Waals surface area contributed by atoms with Gasteiger partial charge in [-0.2, -0.15) is 4.39 Å². The van der Waals surface area contributed by atoms with Gasteiger partial charge in [0.05, 0.1) is 6.54 Å². The highest BCUT2D eigenvalue weighted by atomic mass is 28.4. The summed E-state index contributed by atoms with van der Waals surface area (Å²) in [7, 11) is -0.394. The fourth-order valence-electron chi connectivity index (χ4n) is 1.61. The Morgan fingerprint density at radius 1 is 1.17 bits per heavy atom. The van der Waals surface area contributed by atoms with Crippen molar-refractivity contribution in [1.29, 1.82) is 0 Å². The van der Waals surface area contributed by atoms with Gasteiger partial charge in [-0.3, -0.25) is 0 Å². The van der Waals surface area contributed by atoms with Crippen LogP contribution >= 0.6 is 0 Å². The van der Waals surface area contributed by atoms with Gasteiger partial charge < -0.3 is 9.16 Å². The molecule has 0 heterocycles. The normalized spacial score (nSPS) is 11.5. The third-order valence-corrected chi connectivity index (χ3v) is 5.81. The van der Waals surface area contributed by atoms with Crippen LogP contribution in [-0.2, 0) is 4.43 Å². The molecule has 0 saturated heterocycles. The first kappa shape index (κ1) is 19.4. The van der Waals surface area contributed by atoms with Gasteiger partial charge in [0, 0.05) is 13.2 Å². The Morgan fingerprint density at radius 3 is 2.35 bits per heavy atom. The number of carbonyl (C=O) groups excluding carboxylic acids is 1. The lowest BCUT2D eigenvalue weighted by Gasteiger charge is -2.20. The molecule has 0 aliphatic carbocycles. The molecule has 130 valence electrons. The molecule has 4 nitrogen and oxygen atoms in total. The Labute approximate surface area is 130 Å². The third-order valence-electron chi connectivity index (χ3n) is 3.15. The molecule has 0 spiro atoms. The van der Waals surface area contributed by atoms with Gasteiger partial charge in [-0.25, -0.2) is 18.0 Å². The van der Waals surface area contributed by atoms with Crippen molar-refractivity contribution in [3.8, 4) is 5.75 Å². The summed E-state index contributed by atoms with van der Waals surface area (Å²) in [6.07, 6.45) is -1.40. The summed E-state index contributed by atoms with van der Waals surface area (Å²) in [5.41, 5.74) is 0. The first-order valence-electron chi connectivity index (χ1n) is 6.62. The predicted molar refractivity (Wildman–Crippen MR) is 74.0 cm³/mol. The quantitative estimate of drug-likeness (QED) is 0.252. The Balaban J connectivity index is 2.66. The van der Waals surface area contributed by atoms with Crippen molar-refractivity contribution in [1.82, 2.24) is 5.12 Å². The Hall–Kier alpha value is -1.68. The van der Waals surface area contributed by atoms with E-state index in [1.54, 1.807) is 0 Å². The first-order valence-corrected chi connectivity index (χ1v) is 9.74. The number of ether oxygens (including phenoxy) is 1. The number of carbonyl (C=O) groups is 1. The molecule has 10 heteroatoms. The lowest BCUT2D eigenvalue weighted by Crippen LogP contribution is -2.32. The van der Waals surface area contributed by atoms with Crippen molar-refractivity contribution in [3.63, 3.8) is 0 Å². The summed E-state index contributed by atoms with van der Waals surface area (Å²) < 4.78 is 75.0. The maximum atomic E-state index is 13.5. The van der Waals surface area contributed by atoms with Crippen LogP contribution in [0.3, 0.4) is 0 Å². The minimum Gasteiger partial charge on any atom is -0.420 e. The first-order chi connectivity index (χ1) is 10.6. The van der Waals surface area contributed by atoms with Gasteiger partial charge in [-0.1, -0.05) is 4.48 Å². The number of benzene rings is 1. The molecule has 0 radical (unpaired) electrons. The average Bonchev–Trinajstić information content (AvgIpc) is 2.50. The van der Waals surface area contributed by atoms with Crippen molar-refractivity contribution in [3.05, 3.63) is 29.3 Å². The molecule has 0 fully saturated rings. The second kappa shape index (κ2) is 7.73. The molecule has 0 aliphatic rings. The van der Waals surface area contributed by atoms with E-state index in [-0.39, 0.29) is 24.2 Å². The number of hydrogen-bond acceptors (Lipinski definition) is 3. The van der Waals surface area contributed by atoms with E-state index in [1.165, 1.54) is 7.11 Å². The lowest BCUT2D eigenvalue weighted by atomic mass is 10.3. The standard InChI is InChI=1S/C13H16F5NO3Si/c1-21-23(2,3)6-4-5-19(18)13(20)22-9-7-8(14)10(15)12(17)11(9)16/h7H,4-6H2,1-3H3. The molecule has 0 unspecified atom stereocenters. The van der Waals surface area contributed by atoms with Crippen molar-refractivity contribution in [2.75, 3.05) is 13.7 Å². The van der Waals surface area contributed by atoms with E-state index in [9.17, 15) is 26.8 Å². The van der Waals surface area contributed by atoms with Gasteiger partial charge in [0.2, 0.25) is 11.6 Å². The Bertz CT molecular complexity index is 585. The van der Waals surface area contributed by atoms with Crippen LogP contribution < -0.4 is 4.74 Å². The number of nitrogens with zero attached hydrogens (tertiary/aromatic N) is 1. The molecular formula is C13H16F5NO3Si. The topological polar surface area (TPSA) is 38.8 Å². The van der Waals surface area contributed by atoms with Gasteiger partial charge in [-0.05, 0) is 25.6 Å². The van der Waals surface area contributed by atoms with Gasteiger partial charge in [0.25, 0.3) is 0 Å². The van der Waals surface area contributed by atoms with Gasteiger partial charge in [0.15, 0.2) is 25.7 Å². The van der Waals surface area contributed by atoms with Crippen LogP contribution in [0.2, 0.25) is 19.1 Å². The fraction of sp³-hybridized carbons (Fsp3) is 0.462. The van der Waals surface area contributed by atoms with E-state index in [4.69, 9.17) is 4.43 Å². The summed E-state index contributed by atoms with van der Waals surface area (Å²) in [5.74, 6) is -9.11. The van der Waals surface area contributed by atoms with Crippen molar-refractivity contribution in [2.24, 2.45) is 0 Å². The van der Waals surface area contributed by atoms with E-state index in [1.807, 2.05) is 13.1 Å². The Morgan fingerprint density at radius 2 is 1.78 bits per heavy atom. The third kappa shape index (κ3) is 5.17. The molecule has 1 aromatic carbocycles. The second-order valence-corrected chi connectivity index (χ2v) is 9.75. The van der Waals surface area contributed by atoms with Crippen LogP contribution in [0.1, 0.15) is 6.42 Å². The second-order valence-electron chi connectivity index (χ2n) is 5.32. The number of hydrogen-bond donors (Lipinski definition) is 0. The molecule has 0 saturated carbocycles. The molecular weight excluding hydrogens is 341 g/mol.